The molecule has 70 valence electrons. The van der Waals surface area contributed by atoms with Crippen molar-refractivity contribution in [2.24, 2.45) is 0 Å². The largest absolute Gasteiger partial charge is 0.748 e. The molecule has 1 aromatic rings. The summed E-state index contributed by atoms with van der Waals surface area (Å²) >= 11 is 0. The fourth-order valence-corrected chi connectivity index (χ4v) is 1.36. The highest BCUT2D eigenvalue weighted by molar-refractivity contribution is 7.86. The molecule has 1 aromatic carbocycles. The highest BCUT2D eigenvalue weighted by Crippen LogP contribution is 2.01. The van der Waals surface area contributed by atoms with Gasteiger partial charge in [0, 0.05) is 5.56 Å². The molecule has 0 bridgehead atoms. The minimum Gasteiger partial charge on any atom is -0.748 e. The van der Waals surface area contributed by atoms with Crippen molar-refractivity contribution < 1.29 is 17.8 Å². The van der Waals surface area contributed by atoms with E-state index >= 15 is 0 Å². The molecule has 0 heterocycles. The van der Waals surface area contributed by atoms with E-state index in [0.29, 0.717) is 0 Å². The Morgan fingerprint density at radius 1 is 1.23 bits per heavy atom. The first-order valence-electron chi connectivity index (χ1n) is 3.51. The van der Waals surface area contributed by atoms with Crippen molar-refractivity contribution in [1.29, 1.82) is 0 Å². The monoisotopic (exact) mass is 199 g/mol. The zero-order chi connectivity index (χ0) is 9.90. The second-order valence-electron chi connectivity index (χ2n) is 2.49. The lowest BCUT2D eigenvalue weighted by atomic mass is 10.2. The summed E-state index contributed by atoms with van der Waals surface area (Å²) in [5.74, 6) is -1.65. The Labute approximate surface area is 76.0 Å². The van der Waals surface area contributed by atoms with Crippen LogP contribution in [0.25, 0.3) is 0 Å². The van der Waals surface area contributed by atoms with Crippen molar-refractivity contribution in [2.45, 2.75) is 0 Å². The van der Waals surface area contributed by atoms with Crippen LogP contribution in [0.3, 0.4) is 0 Å². The lowest BCUT2D eigenvalue weighted by Gasteiger charge is -2.04. The summed E-state index contributed by atoms with van der Waals surface area (Å²) < 4.78 is 30.7. The Kier molecular flexibility index (Phi) is 2.79. The zero-order valence-electron chi connectivity index (χ0n) is 6.64. The third-order valence-corrected chi connectivity index (χ3v) is 2.02. The Balaban J connectivity index is 2.82. The summed E-state index contributed by atoms with van der Waals surface area (Å²) in [5.41, 5.74) is 0.238. The number of rotatable bonds is 3. The molecule has 0 fully saturated rings. The van der Waals surface area contributed by atoms with E-state index < -0.39 is 21.7 Å². The van der Waals surface area contributed by atoms with Gasteiger partial charge in [-0.3, -0.25) is 4.79 Å². The van der Waals surface area contributed by atoms with Gasteiger partial charge in [-0.15, -0.1) is 0 Å². The first-order valence-corrected chi connectivity index (χ1v) is 5.08. The molecule has 0 aromatic heterocycles. The Bertz CT molecular complexity index is 393. The van der Waals surface area contributed by atoms with Crippen LogP contribution in [0.5, 0.6) is 0 Å². The van der Waals surface area contributed by atoms with Gasteiger partial charge in [0.15, 0.2) is 5.78 Å². The summed E-state index contributed by atoms with van der Waals surface area (Å²) in [6.45, 7) is 0. The number of carbonyl (C=O) groups excluding carboxylic acids is 1. The van der Waals surface area contributed by atoms with Gasteiger partial charge in [0.2, 0.25) is 0 Å². The van der Waals surface area contributed by atoms with Gasteiger partial charge in [-0.05, 0) is 0 Å². The summed E-state index contributed by atoms with van der Waals surface area (Å²) in [4.78, 5) is 11.1. The maximum atomic E-state index is 11.1. The molecule has 0 saturated carbocycles. The van der Waals surface area contributed by atoms with Crippen LogP contribution < -0.4 is 0 Å². The Hall–Kier alpha value is -1.20. The first kappa shape index (κ1) is 9.88. The first-order chi connectivity index (χ1) is 5.99. The van der Waals surface area contributed by atoms with Crippen molar-refractivity contribution >= 4 is 15.9 Å². The molecule has 0 N–H and O–H groups in total. The lowest BCUT2D eigenvalue weighted by Crippen LogP contribution is -2.15. The maximum Gasteiger partial charge on any atom is 0.176 e. The fraction of sp³-hybridized carbons (Fsp3) is 0.125. The molecular formula is C8H7O4S-. The minimum atomic E-state index is -4.47. The molecule has 1 rings (SSSR count). The van der Waals surface area contributed by atoms with Crippen LogP contribution in [-0.4, -0.2) is 24.5 Å². The van der Waals surface area contributed by atoms with Crippen LogP contribution in [0.2, 0.25) is 0 Å². The minimum absolute atomic E-state index is 0.238. The molecule has 13 heavy (non-hydrogen) atoms. The summed E-state index contributed by atoms with van der Waals surface area (Å²) in [7, 11) is -4.47. The van der Waals surface area contributed by atoms with Gasteiger partial charge >= 0.3 is 0 Å². The van der Waals surface area contributed by atoms with Crippen LogP contribution in [-0.2, 0) is 10.1 Å². The highest BCUT2D eigenvalue weighted by Gasteiger charge is 2.08. The summed E-state index contributed by atoms with van der Waals surface area (Å²) in [6, 6.07) is 7.83. The zero-order valence-corrected chi connectivity index (χ0v) is 7.45. The van der Waals surface area contributed by atoms with Crippen LogP contribution in [0, 0.1) is 0 Å². The van der Waals surface area contributed by atoms with E-state index in [1.165, 1.54) is 12.1 Å². The third-order valence-electron chi connectivity index (χ3n) is 1.40. The Morgan fingerprint density at radius 2 is 1.77 bits per heavy atom. The van der Waals surface area contributed by atoms with E-state index in [-0.39, 0.29) is 5.56 Å². The molecule has 5 heteroatoms. The van der Waals surface area contributed by atoms with E-state index in [1.807, 2.05) is 0 Å². The van der Waals surface area contributed by atoms with Gasteiger partial charge in [-0.2, -0.15) is 0 Å². The lowest BCUT2D eigenvalue weighted by molar-refractivity contribution is 0.101. The number of hydrogen-bond donors (Lipinski definition) is 0. The van der Waals surface area contributed by atoms with Crippen LogP contribution in [0.15, 0.2) is 30.3 Å². The molecule has 0 atom stereocenters. The van der Waals surface area contributed by atoms with Crippen LogP contribution in [0.1, 0.15) is 10.4 Å². The average molecular weight is 199 g/mol. The average Bonchev–Trinajstić information content (AvgIpc) is 2.03. The van der Waals surface area contributed by atoms with Crippen molar-refractivity contribution in [2.75, 3.05) is 5.75 Å². The second-order valence-corrected chi connectivity index (χ2v) is 3.90. The number of hydrogen-bond acceptors (Lipinski definition) is 4. The molecule has 0 spiro atoms. The van der Waals surface area contributed by atoms with Gasteiger partial charge in [-0.25, -0.2) is 8.42 Å². The molecule has 0 amide bonds. The number of benzene rings is 1. The quantitative estimate of drug-likeness (QED) is 0.522. The second kappa shape index (κ2) is 3.68. The van der Waals surface area contributed by atoms with E-state index in [9.17, 15) is 17.8 Å². The van der Waals surface area contributed by atoms with Crippen molar-refractivity contribution in [3.05, 3.63) is 35.9 Å². The van der Waals surface area contributed by atoms with Crippen molar-refractivity contribution in [1.82, 2.24) is 0 Å². The van der Waals surface area contributed by atoms with E-state index in [0.717, 1.165) is 0 Å². The molecule has 0 unspecified atom stereocenters. The van der Waals surface area contributed by atoms with Gasteiger partial charge in [0.05, 0.1) is 0 Å². The van der Waals surface area contributed by atoms with E-state index in [1.54, 1.807) is 18.2 Å². The number of ketones is 1. The van der Waals surface area contributed by atoms with Gasteiger partial charge in [0.1, 0.15) is 15.9 Å². The normalized spacial score (nSPS) is 11.2. The maximum absolute atomic E-state index is 11.1. The Morgan fingerprint density at radius 3 is 2.23 bits per heavy atom. The van der Waals surface area contributed by atoms with E-state index in [4.69, 9.17) is 0 Å². The molecule has 0 saturated heterocycles. The number of Topliss-reactive ketones (excluding diaryl/α,β-unsaturated/α-hetero) is 1. The smallest absolute Gasteiger partial charge is 0.176 e. The summed E-state index contributed by atoms with van der Waals surface area (Å²) in [5, 5.41) is 0. The standard InChI is InChI=1S/C8H8O4S/c9-8(6-13(10,11)12)7-4-2-1-3-5-7/h1-5H,6H2,(H,10,11,12)/p-1. The third kappa shape index (κ3) is 3.35. The van der Waals surface area contributed by atoms with Gasteiger partial charge in [0.25, 0.3) is 0 Å². The molecular weight excluding hydrogens is 192 g/mol. The molecule has 4 nitrogen and oxygen atoms in total. The van der Waals surface area contributed by atoms with Crippen molar-refractivity contribution in [3.8, 4) is 0 Å². The molecule has 0 radical (unpaired) electrons. The van der Waals surface area contributed by atoms with Crippen molar-refractivity contribution in [3.63, 3.8) is 0 Å². The fourth-order valence-electron chi connectivity index (χ4n) is 0.868. The molecule has 0 aliphatic rings. The molecule has 0 aliphatic carbocycles. The van der Waals surface area contributed by atoms with Gasteiger partial charge < -0.3 is 4.55 Å². The van der Waals surface area contributed by atoms with Crippen LogP contribution >= 0.6 is 0 Å². The molecule has 0 aliphatic heterocycles. The SMILES string of the molecule is O=C(CS(=O)(=O)[O-])c1ccccc1. The van der Waals surface area contributed by atoms with E-state index in [2.05, 4.69) is 0 Å². The van der Waals surface area contributed by atoms with Gasteiger partial charge in [-0.1, -0.05) is 30.3 Å². The number of carbonyl (C=O) groups is 1. The predicted molar refractivity (Wildman–Crippen MR) is 45.3 cm³/mol. The highest BCUT2D eigenvalue weighted by atomic mass is 32.2. The predicted octanol–water partition coefficient (Wildman–Crippen LogP) is 0.415. The van der Waals surface area contributed by atoms with Crippen LogP contribution in [0.4, 0.5) is 0 Å². The summed E-state index contributed by atoms with van der Waals surface area (Å²) in [6.07, 6.45) is 0. The topological polar surface area (TPSA) is 74.3 Å².